The summed E-state index contributed by atoms with van der Waals surface area (Å²) in [4.78, 5) is 21.3. The molecule has 2 fully saturated rings. The second-order valence-electron chi connectivity index (χ2n) is 6.13. The van der Waals surface area contributed by atoms with Crippen LogP contribution in [-0.4, -0.2) is 47.8 Å². The van der Waals surface area contributed by atoms with Crippen molar-refractivity contribution in [3.8, 4) is 0 Å². The van der Waals surface area contributed by atoms with Gasteiger partial charge < -0.3 is 4.90 Å². The highest BCUT2D eigenvalue weighted by molar-refractivity contribution is 5.98. The van der Waals surface area contributed by atoms with Gasteiger partial charge in [-0.25, -0.2) is 0 Å². The monoisotopic (exact) mass is 263 g/mol. The fourth-order valence-corrected chi connectivity index (χ4v) is 3.61. The minimum absolute atomic E-state index is 0.314. The molecule has 0 aromatic heterocycles. The predicted octanol–water partition coefficient (Wildman–Crippen LogP) is 2.25. The molecule has 0 aromatic carbocycles. The zero-order valence-corrected chi connectivity index (χ0v) is 11.8. The number of nitrogens with zero attached hydrogens (tertiary/aromatic N) is 3. The van der Waals surface area contributed by atoms with E-state index in [1.54, 1.807) is 0 Å². The number of amides is 1. The number of carbonyl (C=O) groups excluding carboxylic acids is 1. The molecule has 4 nitrogen and oxygen atoms in total. The molecule has 0 atom stereocenters. The number of aliphatic imine (C=N–C) groups is 1. The van der Waals surface area contributed by atoms with Crippen LogP contribution in [0.3, 0.4) is 0 Å². The first kappa shape index (κ1) is 12.9. The summed E-state index contributed by atoms with van der Waals surface area (Å²) in [7, 11) is 0. The molecule has 19 heavy (non-hydrogen) atoms. The Hall–Kier alpha value is -1.06. The maximum Gasteiger partial charge on any atom is 0.229 e. The second-order valence-corrected chi connectivity index (χ2v) is 6.13. The van der Waals surface area contributed by atoms with Crippen LogP contribution in [0.15, 0.2) is 4.99 Å². The Morgan fingerprint density at radius 3 is 2.53 bits per heavy atom. The molecule has 4 heteroatoms. The van der Waals surface area contributed by atoms with E-state index in [0.29, 0.717) is 11.8 Å². The smallest absolute Gasteiger partial charge is 0.229 e. The van der Waals surface area contributed by atoms with Gasteiger partial charge in [0.15, 0.2) is 0 Å². The third-order valence-electron chi connectivity index (χ3n) is 4.70. The number of hydrogen-bond donors (Lipinski definition) is 0. The van der Waals surface area contributed by atoms with E-state index in [2.05, 4.69) is 9.89 Å². The molecule has 0 N–H and O–H groups in total. The van der Waals surface area contributed by atoms with Crippen molar-refractivity contribution in [2.24, 2.45) is 10.9 Å². The molecule has 1 saturated heterocycles. The maximum absolute atomic E-state index is 12.5. The number of hydrogen-bond acceptors (Lipinski definition) is 3. The number of guanidine groups is 1. The molecule has 2 heterocycles. The van der Waals surface area contributed by atoms with Gasteiger partial charge in [-0.1, -0.05) is 12.8 Å². The average Bonchev–Trinajstić information content (AvgIpc) is 3.10. The Balaban J connectivity index is 1.59. The van der Waals surface area contributed by atoms with Crippen molar-refractivity contribution in [2.75, 3.05) is 26.2 Å². The minimum Gasteiger partial charge on any atom is -0.342 e. The van der Waals surface area contributed by atoms with Crippen LogP contribution in [0, 0.1) is 5.92 Å². The van der Waals surface area contributed by atoms with Crippen LogP contribution in [0.4, 0.5) is 0 Å². The first-order valence-electron chi connectivity index (χ1n) is 7.94. The minimum atomic E-state index is 0.314. The molecule has 106 valence electrons. The number of likely N-dealkylation sites (tertiary alicyclic amines) is 1. The summed E-state index contributed by atoms with van der Waals surface area (Å²) in [5.74, 6) is 1.92. The van der Waals surface area contributed by atoms with E-state index in [9.17, 15) is 4.79 Å². The van der Waals surface area contributed by atoms with Crippen molar-refractivity contribution in [1.29, 1.82) is 0 Å². The van der Waals surface area contributed by atoms with E-state index in [1.165, 1.54) is 44.9 Å². The lowest BCUT2D eigenvalue weighted by molar-refractivity contribution is -0.128. The van der Waals surface area contributed by atoms with Crippen LogP contribution in [-0.2, 0) is 4.79 Å². The maximum atomic E-state index is 12.5. The topological polar surface area (TPSA) is 35.9 Å². The molecule has 0 unspecified atom stereocenters. The second kappa shape index (κ2) is 5.93. The van der Waals surface area contributed by atoms with Gasteiger partial charge in [0.1, 0.15) is 0 Å². The normalized spacial score (nSPS) is 24.9. The first-order chi connectivity index (χ1) is 9.34. The van der Waals surface area contributed by atoms with Crippen molar-refractivity contribution >= 4 is 11.9 Å². The van der Waals surface area contributed by atoms with E-state index in [1.807, 2.05) is 4.90 Å². The van der Waals surface area contributed by atoms with E-state index < -0.39 is 0 Å². The Morgan fingerprint density at radius 1 is 1.05 bits per heavy atom. The lowest BCUT2D eigenvalue weighted by atomic mass is 10.0. The van der Waals surface area contributed by atoms with Gasteiger partial charge in [0, 0.05) is 26.1 Å². The van der Waals surface area contributed by atoms with Gasteiger partial charge in [0.05, 0.1) is 6.54 Å². The Bertz CT molecular complexity index is 354. The third-order valence-corrected chi connectivity index (χ3v) is 4.70. The van der Waals surface area contributed by atoms with Gasteiger partial charge in [0.25, 0.3) is 0 Å². The molecule has 0 radical (unpaired) electrons. The molecule has 0 spiro atoms. The molecular formula is C15H25N3O. The highest BCUT2D eigenvalue weighted by Gasteiger charge is 2.30. The molecule has 0 bridgehead atoms. The van der Waals surface area contributed by atoms with Crippen LogP contribution in [0.2, 0.25) is 0 Å². The SMILES string of the molecule is O=C(CC1CCCC1)N1CCN=C1N1CCCCC1. The van der Waals surface area contributed by atoms with Gasteiger partial charge in [-0.15, -0.1) is 0 Å². The van der Waals surface area contributed by atoms with Gasteiger partial charge in [-0.3, -0.25) is 14.7 Å². The standard InChI is InChI=1S/C15H25N3O/c19-14(12-13-6-2-3-7-13)18-11-8-16-15(18)17-9-4-1-5-10-17/h13H,1-12H2. The zero-order valence-electron chi connectivity index (χ0n) is 11.8. The van der Waals surface area contributed by atoms with Crippen LogP contribution in [0.25, 0.3) is 0 Å². The summed E-state index contributed by atoms with van der Waals surface area (Å²) < 4.78 is 0. The van der Waals surface area contributed by atoms with Gasteiger partial charge >= 0.3 is 0 Å². The van der Waals surface area contributed by atoms with E-state index in [0.717, 1.165) is 38.6 Å². The molecule has 1 saturated carbocycles. The molecule has 3 aliphatic rings. The van der Waals surface area contributed by atoms with Crippen LogP contribution >= 0.6 is 0 Å². The summed E-state index contributed by atoms with van der Waals surface area (Å²) in [5.41, 5.74) is 0. The highest BCUT2D eigenvalue weighted by atomic mass is 16.2. The molecule has 0 aromatic rings. The molecule has 1 amide bonds. The first-order valence-corrected chi connectivity index (χ1v) is 7.94. The van der Waals surface area contributed by atoms with Gasteiger partial charge in [-0.05, 0) is 38.0 Å². The molecule has 3 rings (SSSR count). The fraction of sp³-hybridized carbons (Fsp3) is 0.867. The number of rotatable bonds is 2. The molecule has 1 aliphatic carbocycles. The van der Waals surface area contributed by atoms with Crippen molar-refractivity contribution in [3.63, 3.8) is 0 Å². The van der Waals surface area contributed by atoms with E-state index in [4.69, 9.17) is 0 Å². The highest BCUT2D eigenvalue weighted by Crippen LogP contribution is 2.28. The summed E-state index contributed by atoms with van der Waals surface area (Å²) in [6.07, 6.45) is 9.65. The summed E-state index contributed by atoms with van der Waals surface area (Å²) in [6.45, 7) is 3.75. The molecule has 2 aliphatic heterocycles. The average molecular weight is 263 g/mol. The largest absolute Gasteiger partial charge is 0.342 e. The molecular weight excluding hydrogens is 238 g/mol. The predicted molar refractivity (Wildman–Crippen MR) is 76.0 cm³/mol. The van der Waals surface area contributed by atoms with E-state index in [-0.39, 0.29) is 0 Å². The third kappa shape index (κ3) is 2.93. The van der Waals surface area contributed by atoms with E-state index >= 15 is 0 Å². The van der Waals surface area contributed by atoms with Gasteiger partial charge in [-0.2, -0.15) is 0 Å². The van der Waals surface area contributed by atoms with Crippen molar-refractivity contribution < 1.29 is 4.79 Å². The van der Waals surface area contributed by atoms with Crippen molar-refractivity contribution in [1.82, 2.24) is 9.80 Å². The van der Waals surface area contributed by atoms with Crippen LogP contribution in [0.1, 0.15) is 51.4 Å². The summed E-state index contributed by atoms with van der Waals surface area (Å²) in [5, 5.41) is 0. The lowest BCUT2D eigenvalue weighted by Crippen LogP contribution is -2.47. The van der Waals surface area contributed by atoms with Crippen molar-refractivity contribution in [3.05, 3.63) is 0 Å². The number of piperidine rings is 1. The Labute approximate surface area is 115 Å². The summed E-state index contributed by atoms with van der Waals surface area (Å²) >= 11 is 0. The van der Waals surface area contributed by atoms with Crippen molar-refractivity contribution in [2.45, 2.75) is 51.4 Å². The van der Waals surface area contributed by atoms with Gasteiger partial charge in [0.2, 0.25) is 11.9 Å². The van der Waals surface area contributed by atoms with Crippen LogP contribution < -0.4 is 0 Å². The fourth-order valence-electron chi connectivity index (χ4n) is 3.61. The Morgan fingerprint density at radius 2 is 1.79 bits per heavy atom. The number of carbonyl (C=O) groups is 1. The summed E-state index contributed by atoms with van der Waals surface area (Å²) in [6, 6.07) is 0. The quantitative estimate of drug-likeness (QED) is 0.766. The lowest BCUT2D eigenvalue weighted by Gasteiger charge is -2.32. The Kier molecular flexibility index (Phi) is 4.04. The zero-order chi connectivity index (χ0) is 13.1. The van der Waals surface area contributed by atoms with Crippen LogP contribution in [0.5, 0.6) is 0 Å².